The fourth-order valence-corrected chi connectivity index (χ4v) is 4.36. The molecular weight excluding hydrogens is 280 g/mol. The van der Waals surface area contributed by atoms with Gasteiger partial charge in [0.15, 0.2) is 9.84 Å². The number of aliphatic hydroxyl groups is 1. The highest BCUT2D eigenvalue weighted by atomic mass is 32.2. The van der Waals surface area contributed by atoms with Crippen molar-refractivity contribution in [2.75, 3.05) is 31.2 Å². The zero-order valence-electron chi connectivity index (χ0n) is 12.3. The summed E-state index contributed by atoms with van der Waals surface area (Å²) in [6.07, 6.45) is 2.34. The molecule has 0 spiro atoms. The van der Waals surface area contributed by atoms with Gasteiger partial charge in [0.05, 0.1) is 24.7 Å². The minimum atomic E-state index is -2.97. The Hall–Kier alpha value is -0.660. The van der Waals surface area contributed by atoms with E-state index >= 15 is 0 Å². The largest absolute Gasteiger partial charge is 0.395 e. The number of hydrogen-bond donors (Lipinski definition) is 2. The molecule has 0 aromatic rings. The minimum Gasteiger partial charge on any atom is -0.395 e. The second kappa shape index (κ2) is 7.95. The van der Waals surface area contributed by atoms with Gasteiger partial charge >= 0.3 is 0 Å². The number of amides is 1. The maximum Gasteiger partial charge on any atom is 0.234 e. The zero-order chi connectivity index (χ0) is 15.2. The van der Waals surface area contributed by atoms with Crippen molar-refractivity contribution in [3.05, 3.63) is 0 Å². The van der Waals surface area contributed by atoms with E-state index in [0.29, 0.717) is 13.0 Å². The molecule has 0 aromatic carbocycles. The topological polar surface area (TPSA) is 86.7 Å². The number of nitrogens with one attached hydrogen (secondary N) is 1. The van der Waals surface area contributed by atoms with Crippen LogP contribution in [0.5, 0.6) is 0 Å². The van der Waals surface area contributed by atoms with Crippen molar-refractivity contribution in [1.29, 1.82) is 0 Å². The van der Waals surface area contributed by atoms with E-state index in [2.05, 4.69) is 19.2 Å². The van der Waals surface area contributed by atoms with Gasteiger partial charge in [-0.2, -0.15) is 0 Å². The van der Waals surface area contributed by atoms with Crippen molar-refractivity contribution in [2.45, 2.75) is 45.2 Å². The van der Waals surface area contributed by atoms with E-state index in [1.807, 2.05) is 4.90 Å². The molecule has 0 bridgehead atoms. The molecule has 1 atom stereocenters. The molecule has 0 aromatic heterocycles. The molecule has 7 heteroatoms. The maximum atomic E-state index is 12.0. The van der Waals surface area contributed by atoms with E-state index in [9.17, 15) is 13.2 Å². The highest BCUT2D eigenvalue weighted by molar-refractivity contribution is 7.91. The number of carbonyl (C=O) groups is 1. The van der Waals surface area contributed by atoms with Crippen LogP contribution in [0.15, 0.2) is 0 Å². The second-order valence-corrected chi connectivity index (χ2v) is 7.56. The van der Waals surface area contributed by atoms with Gasteiger partial charge in [-0.05, 0) is 19.3 Å². The number of carbonyl (C=O) groups excluding carboxylic acids is 1. The molecule has 1 amide bonds. The molecule has 1 aliphatic rings. The fraction of sp³-hybridized carbons (Fsp3) is 0.923. The van der Waals surface area contributed by atoms with Crippen molar-refractivity contribution < 1.29 is 18.3 Å². The first-order valence-electron chi connectivity index (χ1n) is 7.26. The van der Waals surface area contributed by atoms with E-state index in [1.165, 1.54) is 0 Å². The summed E-state index contributed by atoms with van der Waals surface area (Å²) in [5.74, 6) is 0.0432. The molecule has 1 heterocycles. The van der Waals surface area contributed by atoms with Gasteiger partial charge in [-0.3, -0.25) is 9.69 Å². The van der Waals surface area contributed by atoms with Crippen LogP contribution >= 0.6 is 0 Å². The zero-order valence-corrected chi connectivity index (χ0v) is 13.2. The number of nitrogens with zero attached hydrogens (tertiary/aromatic N) is 1. The van der Waals surface area contributed by atoms with E-state index < -0.39 is 9.84 Å². The normalized spacial score (nSPS) is 21.6. The van der Waals surface area contributed by atoms with Gasteiger partial charge in [-0.15, -0.1) is 0 Å². The average Bonchev–Trinajstić information content (AvgIpc) is 2.70. The smallest absolute Gasteiger partial charge is 0.234 e. The van der Waals surface area contributed by atoms with Crippen LogP contribution in [-0.2, 0) is 14.6 Å². The predicted octanol–water partition coefficient (Wildman–Crippen LogP) is -0.227. The van der Waals surface area contributed by atoms with Crippen molar-refractivity contribution in [3.8, 4) is 0 Å². The van der Waals surface area contributed by atoms with Gasteiger partial charge in [0.2, 0.25) is 5.91 Å². The molecule has 1 unspecified atom stereocenters. The summed E-state index contributed by atoms with van der Waals surface area (Å²) in [5.41, 5.74) is 0. The Morgan fingerprint density at radius 3 is 2.50 bits per heavy atom. The molecule has 2 N–H and O–H groups in total. The number of sulfone groups is 1. The van der Waals surface area contributed by atoms with Crippen molar-refractivity contribution in [3.63, 3.8) is 0 Å². The summed E-state index contributed by atoms with van der Waals surface area (Å²) < 4.78 is 22.7. The standard InChI is InChI=1S/C13H26N2O4S/c1-3-12(4-2)15(6-7-16)9-13(17)14-11-5-8-20(18,19)10-11/h11-12,16H,3-10H2,1-2H3,(H,14,17). The van der Waals surface area contributed by atoms with Crippen LogP contribution in [0.2, 0.25) is 0 Å². The lowest BCUT2D eigenvalue weighted by Gasteiger charge is -2.29. The van der Waals surface area contributed by atoms with Gasteiger partial charge in [-0.25, -0.2) is 8.42 Å². The summed E-state index contributed by atoms with van der Waals surface area (Å²) in [4.78, 5) is 14.0. The average molecular weight is 306 g/mol. The minimum absolute atomic E-state index is 0.0155. The summed E-state index contributed by atoms with van der Waals surface area (Å²) in [6.45, 7) is 4.80. The summed E-state index contributed by atoms with van der Waals surface area (Å²) in [6, 6.07) is 0.00499. The van der Waals surface area contributed by atoms with Crippen molar-refractivity contribution in [2.24, 2.45) is 0 Å². The number of rotatable bonds is 8. The highest BCUT2D eigenvalue weighted by Crippen LogP contribution is 2.12. The Kier molecular flexibility index (Phi) is 6.91. The lowest BCUT2D eigenvalue weighted by molar-refractivity contribution is -0.123. The first-order valence-corrected chi connectivity index (χ1v) is 9.08. The Bertz CT molecular complexity index is 407. The third-order valence-electron chi connectivity index (χ3n) is 3.79. The van der Waals surface area contributed by atoms with Gasteiger partial charge in [0.25, 0.3) is 0 Å². The van der Waals surface area contributed by atoms with Gasteiger partial charge < -0.3 is 10.4 Å². The predicted molar refractivity (Wildman–Crippen MR) is 78.2 cm³/mol. The molecular formula is C13H26N2O4S. The van der Waals surface area contributed by atoms with E-state index in [4.69, 9.17) is 5.11 Å². The van der Waals surface area contributed by atoms with Crippen LogP contribution in [0.1, 0.15) is 33.1 Å². The van der Waals surface area contributed by atoms with Gasteiger partial charge in [0, 0.05) is 18.6 Å². The Labute approximate surface area is 121 Å². The number of hydrogen-bond acceptors (Lipinski definition) is 5. The van der Waals surface area contributed by atoms with E-state index in [0.717, 1.165) is 12.8 Å². The molecule has 1 rings (SSSR count). The SMILES string of the molecule is CCC(CC)N(CCO)CC(=O)NC1CCS(=O)(=O)C1. The molecule has 1 saturated heterocycles. The molecule has 0 radical (unpaired) electrons. The van der Waals surface area contributed by atoms with E-state index in [-0.39, 0.29) is 42.6 Å². The van der Waals surface area contributed by atoms with E-state index in [1.54, 1.807) is 0 Å². The van der Waals surface area contributed by atoms with Crippen molar-refractivity contribution in [1.82, 2.24) is 10.2 Å². The lowest BCUT2D eigenvalue weighted by Crippen LogP contribution is -2.46. The molecule has 0 saturated carbocycles. The fourth-order valence-electron chi connectivity index (χ4n) is 2.69. The molecule has 1 aliphatic heterocycles. The number of aliphatic hydroxyl groups excluding tert-OH is 1. The van der Waals surface area contributed by atoms with Crippen LogP contribution in [0.25, 0.3) is 0 Å². The van der Waals surface area contributed by atoms with Crippen molar-refractivity contribution >= 4 is 15.7 Å². The third-order valence-corrected chi connectivity index (χ3v) is 5.56. The molecule has 6 nitrogen and oxygen atoms in total. The first kappa shape index (κ1) is 17.4. The maximum absolute atomic E-state index is 12.0. The highest BCUT2D eigenvalue weighted by Gasteiger charge is 2.29. The summed E-state index contributed by atoms with van der Waals surface area (Å²) in [5, 5.41) is 11.9. The molecule has 20 heavy (non-hydrogen) atoms. The third kappa shape index (κ3) is 5.38. The van der Waals surface area contributed by atoms with Crippen LogP contribution in [-0.4, -0.2) is 67.6 Å². The van der Waals surface area contributed by atoms with Gasteiger partial charge in [-0.1, -0.05) is 13.8 Å². The monoisotopic (exact) mass is 306 g/mol. The summed E-state index contributed by atoms with van der Waals surface area (Å²) >= 11 is 0. The molecule has 118 valence electrons. The van der Waals surface area contributed by atoms with Crippen LogP contribution in [0.4, 0.5) is 0 Å². The quantitative estimate of drug-likeness (QED) is 0.647. The lowest BCUT2D eigenvalue weighted by atomic mass is 10.1. The molecule has 1 fully saturated rings. The van der Waals surface area contributed by atoms with Crippen LogP contribution in [0, 0.1) is 0 Å². The Morgan fingerprint density at radius 1 is 1.40 bits per heavy atom. The summed E-state index contributed by atoms with van der Waals surface area (Å²) in [7, 11) is -2.97. The van der Waals surface area contributed by atoms with Gasteiger partial charge in [0.1, 0.15) is 0 Å². The molecule has 0 aliphatic carbocycles. The first-order chi connectivity index (χ1) is 9.41. The Morgan fingerprint density at radius 2 is 2.05 bits per heavy atom. The Balaban J connectivity index is 2.49. The van der Waals surface area contributed by atoms with Crippen LogP contribution < -0.4 is 5.32 Å². The second-order valence-electron chi connectivity index (χ2n) is 5.33. The van der Waals surface area contributed by atoms with Crippen LogP contribution in [0.3, 0.4) is 0 Å².